The van der Waals surface area contributed by atoms with Gasteiger partial charge in [-0.05, 0) is 37.6 Å². The Morgan fingerprint density at radius 2 is 1.78 bits per heavy atom. The molecule has 0 atom stereocenters. The van der Waals surface area contributed by atoms with Gasteiger partial charge in [0.2, 0.25) is 5.91 Å². The van der Waals surface area contributed by atoms with Gasteiger partial charge in [-0.1, -0.05) is 12.1 Å². The lowest BCUT2D eigenvalue weighted by Gasteiger charge is -2.11. The van der Waals surface area contributed by atoms with Crippen LogP contribution in [0, 0.1) is 13.8 Å². The quantitative estimate of drug-likeness (QED) is 0.900. The summed E-state index contributed by atoms with van der Waals surface area (Å²) in [5, 5.41) is 0. The maximum absolute atomic E-state index is 12.4. The van der Waals surface area contributed by atoms with Crippen molar-refractivity contribution in [2.24, 2.45) is 0 Å². The van der Waals surface area contributed by atoms with E-state index in [0.29, 0.717) is 17.0 Å². The number of anilines is 1. The van der Waals surface area contributed by atoms with Gasteiger partial charge in [0.1, 0.15) is 4.90 Å². The van der Waals surface area contributed by atoms with Gasteiger partial charge in [-0.2, -0.15) is 0 Å². The maximum Gasteiger partial charge on any atom is 0.262 e. The van der Waals surface area contributed by atoms with Gasteiger partial charge < -0.3 is 4.90 Å². The fourth-order valence-corrected chi connectivity index (χ4v) is 4.72. The summed E-state index contributed by atoms with van der Waals surface area (Å²) in [5.41, 5.74) is 1.32. The summed E-state index contributed by atoms with van der Waals surface area (Å²) in [7, 11) is -0.179. The van der Waals surface area contributed by atoms with Gasteiger partial charge in [0.25, 0.3) is 10.0 Å². The van der Waals surface area contributed by atoms with Crippen molar-refractivity contribution in [2.75, 3.05) is 18.8 Å². The topological polar surface area (TPSA) is 66.5 Å². The van der Waals surface area contributed by atoms with Gasteiger partial charge >= 0.3 is 0 Å². The van der Waals surface area contributed by atoms with Crippen LogP contribution in [0.5, 0.6) is 0 Å². The highest BCUT2D eigenvalue weighted by Gasteiger charge is 2.19. The molecule has 0 fully saturated rings. The minimum absolute atomic E-state index is 0.00250. The molecule has 1 N–H and O–H groups in total. The molecule has 0 bridgehead atoms. The first-order valence-corrected chi connectivity index (χ1v) is 9.38. The number of carbonyl (C=O) groups excluding carboxylic acids is 1. The summed E-state index contributed by atoms with van der Waals surface area (Å²) in [6.45, 7) is 3.68. The molecular weight excluding hydrogens is 332 g/mol. The van der Waals surface area contributed by atoms with E-state index < -0.39 is 10.0 Å². The first-order chi connectivity index (χ1) is 10.7. The van der Waals surface area contributed by atoms with Crippen molar-refractivity contribution in [2.45, 2.75) is 25.2 Å². The van der Waals surface area contributed by atoms with Crippen molar-refractivity contribution in [3.8, 4) is 0 Å². The molecule has 0 unspecified atom stereocenters. The average Bonchev–Trinajstić information content (AvgIpc) is 2.80. The fraction of sp³-hybridized carbons (Fsp3) is 0.312. The van der Waals surface area contributed by atoms with Gasteiger partial charge in [0.05, 0.1) is 6.42 Å². The molecule has 1 aromatic carbocycles. The van der Waals surface area contributed by atoms with Crippen LogP contribution in [0.15, 0.2) is 35.2 Å². The molecule has 2 rings (SSSR count). The molecule has 1 heterocycles. The molecule has 0 saturated carbocycles. The van der Waals surface area contributed by atoms with Crippen LogP contribution in [-0.2, 0) is 21.2 Å². The van der Waals surface area contributed by atoms with Crippen molar-refractivity contribution in [1.82, 2.24) is 4.90 Å². The van der Waals surface area contributed by atoms with Crippen molar-refractivity contribution in [3.05, 3.63) is 45.6 Å². The van der Waals surface area contributed by atoms with Crippen molar-refractivity contribution in [3.63, 3.8) is 0 Å². The number of benzene rings is 1. The number of carbonyl (C=O) groups is 1. The highest BCUT2D eigenvalue weighted by atomic mass is 32.2. The number of rotatable bonds is 5. The smallest absolute Gasteiger partial charge is 0.262 e. The van der Waals surface area contributed by atoms with E-state index in [1.807, 2.05) is 6.92 Å². The van der Waals surface area contributed by atoms with Crippen LogP contribution in [0.1, 0.15) is 15.3 Å². The zero-order valence-electron chi connectivity index (χ0n) is 13.6. The predicted molar refractivity (Wildman–Crippen MR) is 93.4 cm³/mol. The van der Waals surface area contributed by atoms with Crippen molar-refractivity contribution < 1.29 is 13.2 Å². The zero-order chi connectivity index (χ0) is 17.2. The maximum atomic E-state index is 12.4. The van der Waals surface area contributed by atoms with Crippen LogP contribution in [-0.4, -0.2) is 33.3 Å². The van der Waals surface area contributed by atoms with Gasteiger partial charge in [0.15, 0.2) is 0 Å². The second kappa shape index (κ2) is 6.72. The molecule has 0 spiro atoms. The highest BCUT2D eigenvalue weighted by Crippen LogP contribution is 2.26. The first kappa shape index (κ1) is 17.5. The number of amides is 1. The molecule has 0 aliphatic rings. The summed E-state index contributed by atoms with van der Waals surface area (Å²) in [4.78, 5) is 15.2. The van der Waals surface area contributed by atoms with Crippen molar-refractivity contribution in [1.29, 1.82) is 0 Å². The number of sulfonamides is 1. The highest BCUT2D eigenvalue weighted by molar-refractivity contribution is 7.93. The summed E-state index contributed by atoms with van der Waals surface area (Å²) in [5.74, 6) is 0.00250. The van der Waals surface area contributed by atoms with Crippen LogP contribution < -0.4 is 4.72 Å². The third kappa shape index (κ3) is 4.33. The number of aryl methyl sites for hydroxylation is 2. The minimum atomic E-state index is -3.59. The lowest BCUT2D eigenvalue weighted by Crippen LogP contribution is -2.23. The number of hydrogen-bond donors (Lipinski definition) is 1. The molecule has 7 heteroatoms. The number of hydrogen-bond acceptors (Lipinski definition) is 4. The molecule has 1 aromatic heterocycles. The molecule has 0 aliphatic heterocycles. The molecule has 23 heavy (non-hydrogen) atoms. The van der Waals surface area contributed by atoms with Crippen molar-refractivity contribution >= 4 is 33.0 Å². The minimum Gasteiger partial charge on any atom is -0.349 e. The van der Waals surface area contributed by atoms with E-state index in [2.05, 4.69) is 4.72 Å². The summed E-state index contributed by atoms with van der Waals surface area (Å²) in [6, 6.07) is 8.52. The SMILES string of the molecule is Cc1cc(S(=O)(=O)Nc2ccc(CC(=O)N(C)C)cc2)c(C)s1. The second-order valence-corrected chi connectivity index (χ2v) is 8.66. The lowest BCUT2D eigenvalue weighted by molar-refractivity contribution is -0.127. The Balaban J connectivity index is 2.14. The third-order valence-electron chi connectivity index (χ3n) is 3.35. The molecule has 0 aliphatic carbocycles. The summed E-state index contributed by atoms with van der Waals surface area (Å²) >= 11 is 1.46. The Kier molecular flexibility index (Phi) is 5.11. The van der Waals surface area contributed by atoms with Crippen LogP contribution >= 0.6 is 11.3 Å². The Morgan fingerprint density at radius 1 is 1.17 bits per heavy atom. The Labute approximate surface area is 141 Å². The van der Waals surface area contributed by atoms with Crippen LogP contribution in [0.4, 0.5) is 5.69 Å². The number of nitrogens with zero attached hydrogens (tertiary/aromatic N) is 1. The van der Waals surface area contributed by atoms with Gasteiger partial charge in [-0.25, -0.2) is 8.42 Å². The molecule has 0 saturated heterocycles. The third-order valence-corrected chi connectivity index (χ3v) is 5.95. The van der Waals surface area contributed by atoms with Crippen LogP contribution in [0.3, 0.4) is 0 Å². The standard InChI is InChI=1S/C16H20N2O3S2/c1-11-9-15(12(2)22-11)23(20,21)17-14-7-5-13(6-8-14)10-16(19)18(3)4/h5-9,17H,10H2,1-4H3. The molecule has 0 radical (unpaired) electrons. The molecular formula is C16H20N2O3S2. The zero-order valence-corrected chi connectivity index (χ0v) is 15.2. The Morgan fingerprint density at radius 3 is 2.26 bits per heavy atom. The number of thiophene rings is 1. The summed E-state index contributed by atoms with van der Waals surface area (Å²) < 4.78 is 27.4. The van der Waals surface area contributed by atoms with E-state index in [-0.39, 0.29) is 5.91 Å². The molecule has 2 aromatic rings. The lowest BCUT2D eigenvalue weighted by atomic mass is 10.1. The van der Waals surface area contributed by atoms with E-state index in [1.54, 1.807) is 51.4 Å². The van der Waals surface area contributed by atoms with E-state index in [4.69, 9.17) is 0 Å². The van der Waals surface area contributed by atoms with Gasteiger partial charge in [-0.15, -0.1) is 11.3 Å². The Hall–Kier alpha value is -1.86. The number of nitrogens with one attached hydrogen (secondary N) is 1. The van der Waals surface area contributed by atoms with E-state index in [0.717, 1.165) is 15.3 Å². The molecule has 124 valence electrons. The molecule has 5 nitrogen and oxygen atoms in total. The van der Waals surface area contributed by atoms with Gasteiger partial charge in [0, 0.05) is 29.5 Å². The molecule has 1 amide bonds. The van der Waals surface area contributed by atoms with Gasteiger partial charge in [-0.3, -0.25) is 9.52 Å². The van der Waals surface area contributed by atoms with Crippen LogP contribution in [0.2, 0.25) is 0 Å². The fourth-order valence-electron chi connectivity index (χ4n) is 2.11. The first-order valence-electron chi connectivity index (χ1n) is 7.08. The summed E-state index contributed by atoms with van der Waals surface area (Å²) in [6.07, 6.45) is 0.295. The van der Waals surface area contributed by atoms with E-state index in [1.165, 1.54) is 16.2 Å². The predicted octanol–water partition coefficient (Wildman–Crippen LogP) is 2.80. The van der Waals surface area contributed by atoms with Crippen LogP contribution in [0.25, 0.3) is 0 Å². The van der Waals surface area contributed by atoms with E-state index >= 15 is 0 Å². The van der Waals surface area contributed by atoms with E-state index in [9.17, 15) is 13.2 Å². The monoisotopic (exact) mass is 352 g/mol. The normalized spacial score (nSPS) is 11.3. The largest absolute Gasteiger partial charge is 0.349 e. The average molecular weight is 352 g/mol. The number of likely N-dealkylation sites (N-methyl/N-ethyl adjacent to an activating group) is 1. The second-order valence-electron chi connectivity index (χ2n) is 5.54. The Bertz CT molecular complexity index is 806.